The molecule has 1 fully saturated rings. The minimum absolute atomic E-state index is 0.111. The molecule has 3 aromatic carbocycles. The second kappa shape index (κ2) is 11.3. The first kappa shape index (κ1) is 28.4. The van der Waals surface area contributed by atoms with E-state index < -0.39 is 27.8 Å². The van der Waals surface area contributed by atoms with Crippen LogP contribution >= 0.6 is 12.6 Å². The van der Waals surface area contributed by atoms with Crippen LogP contribution in [0.5, 0.6) is 0 Å². The van der Waals surface area contributed by atoms with Crippen LogP contribution in [0.2, 0.25) is 0 Å². The van der Waals surface area contributed by atoms with Crippen LogP contribution in [0.15, 0.2) is 88.7 Å². The van der Waals surface area contributed by atoms with Gasteiger partial charge < -0.3 is 14.7 Å². The van der Waals surface area contributed by atoms with E-state index in [0.29, 0.717) is 30.7 Å². The molecule has 11 heteroatoms. The fraction of sp³-hybridized carbons (Fsp3) is 0.333. The van der Waals surface area contributed by atoms with E-state index in [1.165, 1.54) is 34.6 Å². The maximum absolute atomic E-state index is 13.4. The van der Waals surface area contributed by atoms with Crippen molar-refractivity contribution in [1.29, 1.82) is 0 Å². The zero-order valence-corrected chi connectivity index (χ0v) is 22.4. The van der Waals surface area contributed by atoms with E-state index in [9.17, 15) is 26.7 Å². The molecule has 3 aromatic rings. The van der Waals surface area contributed by atoms with E-state index in [1.54, 1.807) is 18.2 Å². The highest BCUT2D eigenvalue weighted by atomic mass is 32.2. The van der Waals surface area contributed by atoms with E-state index in [1.807, 2.05) is 35.2 Å². The van der Waals surface area contributed by atoms with Crippen molar-refractivity contribution in [2.75, 3.05) is 31.1 Å². The number of alkyl halides is 3. The van der Waals surface area contributed by atoms with Crippen molar-refractivity contribution in [2.24, 2.45) is 0 Å². The van der Waals surface area contributed by atoms with E-state index in [0.717, 1.165) is 5.56 Å². The van der Waals surface area contributed by atoms with E-state index in [-0.39, 0.29) is 30.2 Å². The number of piperazine rings is 1. The van der Waals surface area contributed by atoms with Crippen molar-refractivity contribution in [1.82, 2.24) is 4.31 Å². The highest BCUT2D eigenvalue weighted by Crippen LogP contribution is 2.39. The fourth-order valence-corrected chi connectivity index (χ4v) is 6.43. The molecule has 1 aliphatic heterocycles. The fourth-order valence-electron chi connectivity index (χ4n) is 4.37. The zero-order valence-electron chi connectivity index (χ0n) is 20.7. The summed E-state index contributed by atoms with van der Waals surface area (Å²) in [6, 6.07) is 21.1. The van der Waals surface area contributed by atoms with Gasteiger partial charge in [-0.25, -0.2) is 8.42 Å². The van der Waals surface area contributed by atoms with Gasteiger partial charge in [0.1, 0.15) is 0 Å². The average Bonchev–Trinajstić information content (AvgIpc) is 2.89. The third kappa shape index (κ3) is 6.02. The molecule has 204 valence electrons. The smallest absolute Gasteiger partial charge is 0.376 e. The molecule has 0 spiro atoms. The molecule has 6 nitrogen and oxygen atoms in total. The van der Waals surface area contributed by atoms with Gasteiger partial charge in [0.2, 0.25) is 10.0 Å². The Morgan fingerprint density at radius 3 is 2.24 bits per heavy atom. The SMILES string of the molecule is C[C@@](O)(c1ccc(N2CCN(S(=O)(=O)c3ccccc3S)C[C@H]2COCc2ccccc2)cc1)C(F)(F)F. The summed E-state index contributed by atoms with van der Waals surface area (Å²) in [5.74, 6) is 0. The maximum atomic E-state index is 13.4. The van der Waals surface area contributed by atoms with Gasteiger partial charge in [0.05, 0.1) is 24.2 Å². The quantitative estimate of drug-likeness (QED) is 0.382. The second-order valence-electron chi connectivity index (χ2n) is 9.30. The van der Waals surface area contributed by atoms with Crippen LogP contribution in [0, 0.1) is 0 Å². The van der Waals surface area contributed by atoms with Gasteiger partial charge in [-0.3, -0.25) is 0 Å². The lowest BCUT2D eigenvalue weighted by Gasteiger charge is -2.42. The van der Waals surface area contributed by atoms with E-state index in [4.69, 9.17) is 4.74 Å². The number of hydrogen-bond donors (Lipinski definition) is 2. The zero-order chi connectivity index (χ0) is 27.6. The van der Waals surface area contributed by atoms with Crippen molar-refractivity contribution in [3.63, 3.8) is 0 Å². The Morgan fingerprint density at radius 2 is 1.61 bits per heavy atom. The molecular formula is C27H29F3N2O4S2. The van der Waals surface area contributed by atoms with Crippen LogP contribution in [0.1, 0.15) is 18.1 Å². The number of nitrogens with zero attached hydrogens (tertiary/aromatic N) is 2. The molecule has 2 atom stereocenters. The first-order valence-corrected chi connectivity index (χ1v) is 13.9. The van der Waals surface area contributed by atoms with Crippen LogP contribution < -0.4 is 4.90 Å². The molecule has 0 bridgehead atoms. The number of ether oxygens (including phenoxy) is 1. The number of anilines is 1. The normalized spacial score (nSPS) is 18.8. The summed E-state index contributed by atoms with van der Waals surface area (Å²) in [4.78, 5) is 2.38. The average molecular weight is 567 g/mol. The van der Waals surface area contributed by atoms with Gasteiger partial charge in [-0.05, 0) is 42.3 Å². The van der Waals surface area contributed by atoms with Gasteiger partial charge in [0.25, 0.3) is 0 Å². The number of rotatable bonds is 8. The third-order valence-corrected chi connectivity index (χ3v) is 9.13. The lowest BCUT2D eigenvalue weighted by atomic mass is 9.95. The number of hydrogen-bond acceptors (Lipinski definition) is 6. The number of sulfonamides is 1. The number of thiol groups is 1. The van der Waals surface area contributed by atoms with Crippen LogP contribution in [0.4, 0.5) is 18.9 Å². The van der Waals surface area contributed by atoms with Gasteiger partial charge >= 0.3 is 6.18 Å². The minimum Gasteiger partial charge on any atom is -0.376 e. The number of benzene rings is 3. The molecule has 0 radical (unpaired) electrons. The maximum Gasteiger partial charge on any atom is 0.421 e. The van der Waals surface area contributed by atoms with E-state index in [2.05, 4.69) is 12.6 Å². The Bertz CT molecular complexity index is 1330. The Balaban J connectivity index is 1.58. The van der Waals surface area contributed by atoms with Gasteiger partial charge in [-0.15, -0.1) is 12.6 Å². The summed E-state index contributed by atoms with van der Waals surface area (Å²) in [7, 11) is -3.83. The summed E-state index contributed by atoms with van der Waals surface area (Å²) in [5.41, 5.74) is -1.71. The lowest BCUT2D eigenvalue weighted by Crippen LogP contribution is -2.56. The van der Waals surface area contributed by atoms with Gasteiger partial charge in [-0.1, -0.05) is 54.6 Å². The Morgan fingerprint density at radius 1 is 0.974 bits per heavy atom. The molecule has 4 rings (SSSR count). The van der Waals surface area contributed by atoms with Gasteiger partial charge in [0.15, 0.2) is 5.60 Å². The standard InChI is InChI=1S/C27H29F3N2O4S2/c1-26(33,27(28,29)30)21-11-13-22(14-12-21)32-16-15-31(38(34,35)25-10-6-5-9-24(25)37)17-23(32)19-36-18-20-7-3-2-4-8-20/h2-14,23,33,37H,15-19H2,1H3/t23-,26+/m0/s1. The van der Waals surface area contributed by atoms with Gasteiger partial charge in [-0.2, -0.15) is 17.5 Å². The summed E-state index contributed by atoms with van der Waals surface area (Å²) in [6.07, 6.45) is -4.83. The third-order valence-electron chi connectivity index (χ3n) is 6.66. The van der Waals surface area contributed by atoms with Crippen molar-refractivity contribution < 1.29 is 31.4 Å². The van der Waals surface area contributed by atoms with Crippen molar-refractivity contribution in [3.8, 4) is 0 Å². The van der Waals surface area contributed by atoms with Crippen LogP contribution in [-0.2, 0) is 27.0 Å². The molecular weight excluding hydrogens is 537 g/mol. The molecule has 1 heterocycles. The van der Waals surface area contributed by atoms with Crippen molar-refractivity contribution in [3.05, 3.63) is 90.0 Å². The molecule has 0 saturated carbocycles. The van der Waals surface area contributed by atoms with Crippen LogP contribution in [0.3, 0.4) is 0 Å². The number of aliphatic hydroxyl groups is 1. The summed E-state index contributed by atoms with van der Waals surface area (Å²) < 4.78 is 74.1. The van der Waals surface area contributed by atoms with E-state index >= 15 is 0 Å². The predicted octanol–water partition coefficient (Wildman–Crippen LogP) is 4.84. The molecule has 0 aromatic heterocycles. The number of halogens is 3. The highest BCUT2D eigenvalue weighted by molar-refractivity contribution is 7.90. The molecule has 0 aliphatic carbocycles. The summed E-state index contributed by atoms with van der Waals surface area (Å²) >= 11 is 4.32. The topological polar surface area (TPSA) is 70.1 Å². The van der Waals surface area contributed by atoms with Crippen LogP contribution in [-0.4, -0.2) is 56.3 Å². The second-order valence-corrected chi connectivity index (χ2v) is 11.7. The van der Waals surface area contributed by atoms with Crippen molar-refractivity contribution in [2.45, 2.75) is 41.1 Å². The predicted molar refractivity (Wildman–Crippen MR) is 142 cm³/mol. The summed E-state index contributed by atoms with van der Waals surface area (Å²) in [5, 5.41) is 10.0. The molecule has 0 amide bonds. The Kier molecular flexibility index (Phi) is 8.43. The molecule has 38 heavy (non-hydrogen) atoms. The monoisotopic (exact) mass is 566 g/mol. The molecule has 0 unspecified atom stereocenters. The van der Waals surface area contributed by atoms with Gasteiger partial charge in [0, 0.05) is 30.2 Å². The first-order chi connectivity index (χ1) is 17.9. The molecule has 1 N–H and O–H groups in total. The Hall–Kier alpha value is -2.57. The highest BCUT2D eigenvalue weighted by Gasteiger charge is 2.51. The summed E-state index contributed by atoms with van der Waals surface area (Å²) in [6.45, 7) is 1.80. The largest absolute Gasteiger partial charge is 0.421 e. The lowest BCUT2D eigenvalue weighted by molar-refractivity contribution is -0.258. The molecule has 1 aliphatic rings. The molecule has 1 saturated heterocycles. The van der Waals surface area contributed by atoms with Crippen LogP contribution in [0.25, 0.3) is 0 Å². The first-order valence-electron chi connectivity index (χ1n) is 12.0. The van der Waals surface area contributed by atoms with Crippen molar-refractivity contribution >= 4 is 28.3 Å². The minimum atomic E-state index is -4.83. The Labute approximate surface area is 226 Å².